The van der Waals surface area contributed by atoms with E-state index in [1.165, 1.54) is 24.1 Å². The molecule has 22 heavy (non-hydrogen) atoms. The van der Waals surface area contributed by atoms with E-state index in [1.807, 2.05) is 12.1 Å². The zero-order chi connectivity index (χ0) is 14.9. The average Bonchev–Trinajstić information content (AvgIpc) is 3.35. The molecule has 0 radical (unpaired) electrons. The molecule has 1 aliphatic carbocycles. The second kappa shape index (κ2) is 5.34. The van der Waals surface area contributed by atoms with Gasteiger partial charge >= 0.3 is 0 Å². The Bertz CT molecular complexity index is 771. The van der Waals surface area contributed by atoms with E-state index in [-0.39, 0.29) is 0 Å². The molecule has 1 aromatic heterocycles. The van der Waals surface area contributed by atoms with Crippen molar-refractivity contribution in [3.05, 3.63) is 71.9 Å². The van der Waals surface area contributed by atoms with Crippen molar-refractivity contribution in [2.75, 3.05) is 5.73 Å². The highest BCUT2D eigenvalue weighted by Crippen LogP contribution is 2.45. The summed E-state index contributed by atoms with van der Waals surface area (Å²) in [6, 6.07) is 20.8. The Labute approximate surface area is 130 Å². The maximum atomic E-state index is 6.24. The molecule has 0 amide bonds. The van der Waals surface area contributed by atoms with E-state index in [2.05, 4.69) is 58.1 Å². The molecule has 2 N–H and O–H groups in total. The summed E-state index contributed by atoms with van der Waals surface area (Å²) in [5, 5.41) is 0. The molecule has 3 aromatic rings. The monoisotopic (exact) mass is 289 g/mol. The number of nitrogens with zero attached hydrogens (tertiary/aromatic N) is 2. The van der Waals surface area contributed by atoms with Gasteiger partial charge in [0.25, 0.3) is 0 Å². The number of benzene rings is 2. The quantitative estimate of drug-likeness (QED) is 0.787. The van der Waals surface area contributed by atoms with Gasteiger partial charge in [0.2, 0.25) is 5.95 Å². The van der Waals surface area contributed by atoms with E-state index < -0.39 is 0 Å². The molecule has 1 saturated carbocycles. The standard InChI is InChI=1S/C19H19N3/c20-19-21-17(15-9-5-2-6-10-15)18(16-11-12-16)22(19)13-14-7-3-1-4-8-14/h1-10,16H,11-13H2,(H2,20,21). The number of nitrogens with two attached hydrogens (primary N) is 1. The second-order valence-corrected chi connectivity index (χ2v) is 5.92. The summed E-state index contributed by atoms with van der Waals surface area (Å²) < 4.78 is 2.19. The number of anilines is 1. The van der Waals surface area contributed by atoms with E-state index >= 15 is 0 Å². The molecule has 1 fully saturated rings. The predicted octanol–water partition coefficient (Wildman–Crippen LogP) is 4.06. The van der Waals surface area contributed by atoms with Gasteiger partial charge in [-0.3, -0.25) is 0 Å². The zero-order valence-electron chi connectivity index (χ0n) is 12.4. The van der Waals surface area contributed by atoms with Crippen LogP contribution >= 0.6 is 0 Å². The topological polar surface area (TPSA) is 43.8 Å². The summed E-state index contributed by atoms with van der Waals surface area (Å²) in [6.07, 6.45) is 2.47. The Morgan fingerprint density at radius 2 is 1.59 bits per heavy atom. The first-order valence-corrected chi connectivity index (χ1v) is 7.78. The van der Waals surface area contributed by atoms with Crippen LogP contribution in [0, 0.1) is 0 Å². The first-order chi connectivity index (χ1) is 10.8. The second-order valence-electron chi connectivity index (χ2n) is 5.92. The lowest BCUT2D eigenvalue weighted by Gasteiger charge is -2.11. The predicted molar refractivity (Wildman–Crippen MR) is 89.6 cm³/mol. The van der Waals surface area contributed by atoms with Crippen LogP contribution in [-0.4, -0.2) is 9.55 Å². The molecule has 0 aliphatic heterocycles. The highest BCUT2D eigenvalue weighted by Gasteiger charge is 2.32. The Morgan fingerprint density at radius 1 is 0.955 bits per heavy atom. The molecule has 3 nitrogen and oxygen atoms in total. The summed E-state index contributed by atoms with van der Waals surface area (Å²) in [5.74, 6) is 1.22. The van der Waals surface area contributed by atoms with Crippen LogP contribution in [0.4, 0.5) is 5.95 Å². The van der Waals surface area contributed by atoms with Gasteiger partial charge < -0.3 is 10.3 Å². The van der Waals surface area contributed by atoms with Crippen molar-refractivity contribution in [2.45, 2.75) is 25.3 Å². The normalized spacial score (nSPS) is 14.2. The number of imidazole rings is 1. The van der Waals surface area contributed by atoms with Crippen LogP contribution in [-0.2, 0) is 6.54 Å². The van der Waals surface area contributed by atoms with Crippen molar-refractivity contribution in [2.24, 2.45) is 0 Å². The Kier molecular flexibility index (Phi) is 3.19. The van der Waals surface area contributed by atoms with Gasteiger partial charge in [0.05, 0.1) is 17.9 Å². The SMILES string of the molecule is Nc1nc(-c2ccccc2)c(C2CC2)n1Cc1ccccc1. The van der Waals surface area contributed by atoms with E-state index in [1.54, 1.807) is 0 Å². The molecule has 4 rings (SSSR count). The summed E-state index contributed by atoms with van der Waals surface area (Å²) in [5.41, 5.74) is 11.0. The first kappa shape index (κ1) is 13.1. The molecule has 0 spiro atoms. The summed E-state index contributed by atoms with van der Waals surface area (Å²) in [4.78, 5) is 4.68. The molecule has 0 saturated heterocycles. The third kappa shape index (κ3) is 2.39. The van der Waals surface area contributed by atoms with Crippen molar-refractivity contribution in [3.63, 3.8) is 0 Å². The minimum absolute atomic E-state index is 0.601. The molecule has 0 atom stereocenters. The van der Waals surface area contributed by atoms with Gasteiger partial charge in [-0.1, -0.05) is 60.7 Å². The first-order valence-electron chi connectivity index (χ1n) is 7.78. The highest BCUT2D eigenvalue weighted by molar-refractivity contribution is 5.65. The molecule has 0 bridgehead atoms. The number of aromatic nitrogens is 2. The molecule has 1 aliphatic rings. The highest BCUT2D eigenvalue weighted by atomic mass is 15.2. The fourth-order valence-corrected chi connectivity index (χ4v) is 2.99. The van der Waals surface area contributed by atoms with Crippen LogP contribution in [0.2, 0.25) is 0 Å². The van der Waals surface area contributed by atoms with Crippen molar-refractivity contribution in [1.82, 2.24) is 9.55 Å². The molecule has 2 aromatic carbocycles. The smallest absolute Gasteiger partial charge is 0.201 e. The third-order valence-electron chi connectivity index (χ3n) is 4.23. The lowest BCUT2D eigenvalue weighted by atomic mass is 10.1. The van der Waals surface area contributed by atoms with Crippen molar-refractivity contribution >= 4 is 5.95 Å². The fourth-order valence-electron chi connectivity index (χ4n) is 2.99. The third-order valence-corrected chi connectivity index (χ3v) is 4.23. The van der Waals surface area contributed by atoms with Crippen molar-refractivity contribution in [1.29, 1.82) is 0 Å². The number of rotatable bonds is 4. The number of nitrogen functional groups attached to an aromatic ring is 1. The van der Waals surface area contributed by atoms with E-state index in [4.69, 9.17) is 5.73 Å². The maximum absolute atomic E-state index is 6.24. The Balaban J connectivity index is 1.80. The maximum Gasteiger partial charge on any atom is 0.201 e. The van der Waals surface area contributed by atoms with E-state index in [0.717, 1.165) is 17.8 Å². The van der Waals surface area contributed by atoms with E-state index in [0.29, 0.717) is 11.9 Å². The van der Waals surface area contributed by atoms with Crippen molar-refractivity contribution < 1.29 is 0 Å². The van der Waals surface area contributed by atoms with Crippen LogP contribution in [0.15, 0.2) is 60.7 Å². The molecular weight excluding hydrogens is 270 g/mol. The van der Waals surface area contributed by atoms with Crippen LogP contribution in [0.5, 0.6) is 0 Å². The van der Waals surface area contributed by atoms with Gasteiger partial charge in [0.1, 0.15) is 0 Å². The lowest BCUT2D eigenvalue weighted by molar-refractivity contribution is 0.754. The van der Waals surface area contributed by atoms with Crippen molar-refractivity contribution in [3.8, 4) is 11.3 Å². The largest absolute Gasteiger partial charge is 0.369 e. The fraction of sp³-hybridized carbons (Fsp3) is 0.211. The minimum atomic E-state index is 0.601. The van der Waals surface area contributed by atoms with Crippen LogP contribution in [0.3, 0.4) is 0 Å². The van der Waals surface area contributed by atoms with Crippen LogP contribution in [0.1, 0.15) is 30.0 Å². The Morgan fingerprint density at radius 3 is 2.23 bits per heavy atom. The van der Waals surface area contributed by atoms with Gasteiger partial charge in [0, 0.05) is 11.5 Å². The van der Waals surface area contributed by atoms with Gasteiger partial charge in [-0.25, -0.2) is 4.98 Å². The van der Waals surface area contributed by atoms with Crippen LogP contribution < -0.4 is 5.73 Å². The zero-order valence-corrected chi connectivity index (χ0v) is 12.4. The minimum Gasteiger partial charge on any atom is -0.369 e. The summed E-state index contributed by atoms with van der Waals surface area (Å²) in [6.45, 7) is 0.790. The lowest BCUT2D eigenvalue weighted by Crippen LogP contribution is -2.07. The van der Waals surface area contributed by atoms with Gasteiger partial charge in [0.15, 0.2) is 0 Å². The van der Waals surface area contributed by atoms with Crippen LogP contribution in [0.25, 0.3) is 11.3 Å². The number of hydrogen-bond donors (Lipinski definition) is 1. The molecule has 3 heteroatoms. The average molecular weight is 289 g/mol. The van der Waals surface area contributed by atoms with E-state index in [9.17, 15) is 0 Å². The molecule has 1 heterocycles. The summed E-state index contributed by atoms with van der Waals surface area (Å²) in [7, 11) is 0. The van der Waals surface area contributed by atoms with Gasteiger partial charge in [-0.15, -0.1) is 0 Å². The molecule has 0 unspecified atom stereocenters. The van der Waals surface area contributed by atoms with Gasteiger partial charge in [-0.05, 0) is 18.4 Å². The molecule has 110 valence electrons. The molecular formula is C19H19N3. The Hall–Kier alpha value is -2.55. The summed E-state index contributed by atoms with van der Waals surface area (Å²) >= 11 is 0. The number of hydrogen-bond acceptors (Lipinski definition) is 2. The van der Waals surface area contributed by atoms with Gasteiger partial charge in [-0.2, -0.15) is 0 Å².